The molecule has 0 bridgehead atoms. The first-order valence-electron chi connectivity index (χ1n) is 7.11. The van der Waals surface area contributed by atoms with E-state index in [0.29, 0.717) is 30.8 Å². The normalized spacial score (nSPS) is 20.1. The quantitative estimate of drug-likeness (QED) is 0.853. The van der Waals surface area contributed by atoms with E-state index in [9.17, 15) is 8.42 Å². The van der Waals surface area contributed by atoms with Crippen molar-refractivity contribution < 1.29 is 13.2 Å². The van der Waals surface area contributed by atoms with Crippen molar-refractivity contribution in [3.05, 3.63) is 29.3 Å². The van der Waals surface area contributed by atoms with Crippen LogP contribution < -0.4 is 0 Å². The van der Waals surface area contributed by atoms with Gasteiger partial charge in [0.2, 0.25) is 10.0 Å². The Balaban J connectivity index is 2.25. The van der Waals surface area contributed by atoms with Crippen LogP contribution in [0, 0.1) is 18.3 Å². The van der Waals surface area contributed by atoms with Crippen LogP contribution in [0.2, 0.25) is 0 Å². The number of aryl methyl sites for hydroxylation is 1. The molecule has 0 aromatic heterocycles. The lowest BCUT2D eigenvalue weighted by atomic mass is 10.1. The number of nitrogens with zero attached hydrogens (tertiary/aromatic N) is 2. The number of hydrogen-bond acceptors (Lipinski definition) is 4. The SMILES string of the molecule is CCOC1CCCN(S(=O)(=O)c2ccc(C#N)c(C)c2)C1. The Morgan fingerprint density at radius 2 is 2.24 bits per heavy atom. The zero-order valence-corrected chi connectivity index (χ0v) is 13.2. The lowest BCUT2D eigenvalue weighted by molar-refractivity contribution is 0.0265. The highest BCUT2D eigenvalue weighted by Gasteiger charge is 2.30. The number of hydrogen-bond donors (Lipinski definition) is 0. The lowest BCUT2D eigenvalue weighted by Crippen LogP contribution is -2.43. The highest BCUT2D eigenvalue weighted by Crippen LogP contribution is 2.23. The lowest BCUT2D eigenvalue weighted by Gasteiger charge is -2.31. The number of benzene rings is 1. The summed E-state index contributed by atoms with van der Waals surface area (Å²) in [5, 5.41) is 8.93. The predicted molar refractivity (Wildman–Crippen MR) is 79.3 cm³/mol. The van der Waals surface area contributed by atoms with Gasteiger partial charge in [-0.1, -0.05) is 0 Å². The van der Waals surface area contributed by atoms with Crippen LogP contribution in [0.15, 0.2) is 23.1 Å². The first-order chi connectivity index (χ1) is 9.98. The summed E-state index contributed by atoms with van der Waals surface area (Å²) < 4.78 is 32.4. The van der Waals surface area contributed by atoms with Crippen LogP contribution in [0.4, 0.5) is 0 Å². The second kappa shape index (κ2) is 6.56. The van der Waals surface area contributed by atoms with Crippen molar-refractivity contribution in [2.75, 3.05) is 19.7 Å². The molecule has 0 saturated carbocycles. The standard InChI is InChI=1S/C15H20N2O3S/c1-3-20-14-5-4-8-17(11-14)21(18,19)15-7-6-13(10-16)12(2)9-15/h6-7,9,14H,3-5,8,11H2,1-2H3. The van der Waals surface area contributed by atoms with Crippen LogP contribution in [0.25, 0.3) is 0 Å². The predicted octanol–water partition coefficient (Wildman–Crippen LogP) is 2.06. The van der Waals surface area contributed by atoms with E-state index in [-0.39, 0.29) is 11.0 Å². The second-order valence-electron chi connectivity index (χ2n) is 5.17. The Kier molecular flexibility index (Phi) is 4.99. The van der Waals surface area contributed by atoms with Crippen molar-refractivity contribution in [1.29, 1.82) is 5.26 Å². The average molecular weight is 308 g/mol. The smallest absolute Gasteiger partial charge is 0.243 e. The number of rotatable bonds is 4. The molecule has 5 nitrogen and oxygen atoms in total. The van der Waals surface area contributed by atoms with E-state index in [0.717, 1.165) is 12.8 Å². The van der Waals surface area contributed by atoms with E-state index in [1.165, 1.54) is 10.4 Å². The molecular weight excluding hydrogens is 288 g/mol. The van der Waals surface area contributed by atoms with Crippen LogP contribution >= 0.6 is 0 Å². The molecule has 0 amide bonds. The van der Waals surface area contributed by atoms with Crippen molar-refractivity contribution in [2.24, 2.45) is 0 Å². The number of sulfonamides is 1. The van der Waals surface area contributed by atoms with Crippen LogP contribution in [0.3, 0.4) is 0 Å². The van der Waals surface area contributed by atoms with Crippen molar-refractivity contribution in [3.63, 3.8) is 0 Å². The first-order valence-corrected chi connectivity index (χ1v) is 8.55. The molecule has 1 fully saturated rings. The summed E-state index contributed by atoms with van der Waals surface area (Å²) in [6, 6.07) is 6.68. The molecule has 1 aliphatic rings. The zero-order valence-electron chi connectivity index (χ0n) is 12.4. The molecule has 0 N–H and O–H groups in total. The van der Waals surface area contributed by atoms with Gasteiger partial charge >= 0.3 is 0 Å². The van der Waals surface area contributed by atoms with Gasteiger partial charge in [0.25, 0.3) is 0 Å². The van der Waals surface area contributed by atoms with E-state index < -0.39 is 10.0 Å². The molecule has 1 aromatic carbocycles. The van der Waals surface area contributed by atoms with Gasteiger partial charge in [-0.05, 0) is 50.5 Å². The van der Waals surface area contributed by atoms with E-state index in [1.807, 2.05) is 13.0 Å². The minimum Gasteiger partial charge on any atom is -0.377 e. The van der Waals surface area contributed by atoms with Crippen LogP contribution in [-0.2, 0) is 14.8 Å². The summed E-state index contributed by atoms with van der Waals surface area (Å²) in [7, 11) is -3.52. The first kappa shape index (κ1) is 16.0. The van der Waals surface area contributed by atoms with Gasteiger partial charge in [-0.25, -0.2) is 8.42 Å². The summed E-state index contributed by atoms with van der Waals surface area (Å²) in [6.07, 6.45) is 1.67. The Hall–Kier alpha value is -1.42. The summed E-state index contributed by atoms with van der Waals surface area (Å²) in [5.74, 6) is 0. The van der Waals surface area contributed by atoms with Crippen molar-refractivity contribution in [3.8, 4) is 6.07 Å². The maximum absolute atomic E-state index is 12.7. The average Bonchev–Trinajstić information content (AvgIpc) is 2.48. The largest absolute Gasteiger partial charge is 0.377 e. The third kappa shape index (κ3) is 3.43. The Bertz CT molecular complexity index is 647. The second-order valence-corrected chi connectivity index (χ2v) is 7.11. The molecule has 2 rings (SSSR count). The molecule has 114 valence electrons. The van der Waals surface area contributed by atoms with Gasteiger partial charge in [-0.15, -0.1) is 0 Å². The topological polar surface area (TPSA) is 70.4 Å². The van der Waals surface area contributed by atoms with Gasteiger partial charge < -0.3 is 4.74 Å². The molecule has 0 aliphatic carbocycles. The van der Waals surface area contributed by atoms with Crippen LogP contribution in [0.5, 0.6) is 0 Å². The highest BCUT2D eigenvalue weighted by atomic mass is 32.2. The zero-order chi connectivity index (χ0) is 15.5. The van der Waals surface area contributed by atoms with Crippen molar-refractivity contribution in [2.45, 2.75) is 37.7 Å². The summed E-state index contributed by atoms with van der Waals surface area (Å²) in [4.78, 5) is 0.246. The van der Waals surface area contributed by atoms with Gasteiger partial charge in [0.15, 0.2) is 0 Å². The Labute approximate surface area is 126 Å². The fourth-order valence-corrected chi connectivity index (χ4v) is 4.16. The third-order valence-corrected chi connectivity index (χ3v) is 5.56. The molecule has 0 spiro atoms. The van der Waals surface area contributed by atoms with Gasteiger partial charge in [0.1, 0.15) is 0 Å². The summed E-state index contributed by atoms with van der Waals surface area (Å²) in [5.41, 5.74) is 1.18. The molecule has 1 heterocycles. The molecule has 1 aliphatic heterocycles. The molecule has 1 unspecified atom stereocenters. The minimum atomic E-state index is -3.52. The Morgan fingerprint density at radius 3 is 2.86 bits per heavy atom. The van der Waals surface area contributed by atoms with Gasteiger partial charge in [0.05, 0.1) is 22.6 Å². The fourth-order valence-electron chi connectivity index (χ4n) is 2.57. The summed E-state index contributed by atoms with van der Waals surface area (Å²) in [6.45, 7) is 5.17. The van der Waals surface area contributed by atoms with Crippen LogP contribution in [-0.4, -0.2) is 38.5 Å². The fraction of sp³-hybridized carbons (Fsp3) is 0.533. The monoisotopic (exact) mass is 308 g/mol. The number of nitriles is 1. The van der Waals surface area contributed by atoms with Crippen LogP contribution in [0.1, 0.15) is 30.9 Å². The Morgan fingerprint density at radius 1 is 1.48 bits per heavy atom. The van der Waals surface area contributed by atoms with Gasteiger partial charge in [0, 0.05) is 19.7 Å². The van der Waals surface area contributed by atoms with E-state index in [1.54, 1.807) is 19.1 Å². The maximum Gasteiger partial charge on any atom is 0.243 e. The molecule has 6 heteroatoms. The number of ether oxygens (including phenoxy) is 1. The molecular formula is C15H20N2O3S. The molecule has 1 aromatic rings. The number of piperidine rings is 1. The molecule has 0 radical (unpaired) electrons. The van der Waals surface area contributed by atoms with E-state index in [2.05, 4.69) is 0 Å². The minimum absolute atomic E-state index is 0.0296. The third-order valence-electron chi connectivity index (χ3n) is 3.70. The van der Waals surface area contributed by atoms with Crippen molar-refractivity contribution >= 4 is 10.0 Å². The van der Waals surface area contributed by atoms with Crippen molar-refractivity contribution in [1.82, 2.24) is 4.31 Å². The van der Waals surface area contributed by atoms with Gasteiger partial charge in [-0.3, -0.25) is 0 Å². The molecule has 1 atom stereocenters. The summed E-state index contributed by atoms with van der Waals surface area (Å²) >= 11 is 0. The van der Waals surface area contributed by atoms with E-state index in [4.69, 9.17) is 10.00 Å². The van der Waals surface area contributed by atoms with E-state index >= 15 is 0 Å². The molecule has 21 heavy (non-hydrogen) atoms. The molecule has 1 saturated heterocycles. The van der Waals surface area contributed by atoms with Gasteiger partial charge in [-0.2, -0.15) is 9.57 Å². The maximum atomic E-state index is 12.7. The highest BCUT2D eigenvalue weighted by molar-refractivity contribution is 7.89.